The molecule has 7 heteroatoms. The number of rotatable bonds is 4. The second kappa shape index (κ2) is 5.53. The van der Waals surface area contributed by atoms with Gasteiger partial charge in [-0.25, -0.2) is 9.48 Å². The average molecular weight is 289 g/mol. The van der Waals surface area contributed by atoms with Crippen LogP contribution in [0.1, 0.15) is 34.8 Å². The molecule has 0 amide bonds. The van der Waals surface area contributed by atoms with E-state index in [1.807, 2.05) is 31.2 Å². The minimum Gasteiger partial charge on any atom is -0.494 e. The van der Waals surface area contributed by atoms with Crippen molar-refractivity contribution < 1.29 is 19.4 Å². The van der Waals surface area contributed by atoms with Crippen LogP contribution in [0.3, 0.4) is 0 Å². The normalized spacial score (nSPS) is 17.3. The van der Waals surface area contributed by atoms with Gasteiger partial charge < -0.3 is 14.6 Å². The van der Waals surface area contributed by atoms with Crippen LogP contribution in [-0.2, 0) is 17.9 Å². The van der Waals surface area contributed by atoms with Gasteiger partial charge in [-0.15, -0.1) is 5.10 Å². The Bertz CT molecular complexity index is 651. The van der Waals surface area contributed by atoms with Gasteiger partial charge in [0.2, 0.25) is 0 Å². The number of carbonyl (C=O) groups is 1. The molecule has 2 heterocycles. The van der Waals surface area contributed by atoms with Gasteiger partial charge in [-0.2, -0.15) is 0 Å². The first-order valence-corrected chi connectivity index (χ1v) is 6.69. The van der Waals surface area contributed by atoms with Crippen LogP contribution in [0.25, 0.3) is 0 Å². The van der Waals surface area contributed by atoms with E-state index < -0.39 is 5.97 Å². The molecule has 0 unspecified atom stereocenters. The molecule has 110 valence electrons. The minimum atomic E-state index is -1.08. The van der Waals surface area contributed by atoms with Gasteiger partial charge in [-0.1, -0.05) is 17.3 Å². The van der Waals surface area contributed by atoms with Crippen LogP contribution in [0.2, 0.25) is 0 Å². The van der Waals surface area contributed by atoms with Gasteiger partial charge in [0.05, 0.1) is 25.5 Å². The maximum absolute atomic E-state index is 11.0. The van der Waals surface area contributed by atoms with E-state index in [2.05, 4.69) is 10.3 Å². The van der Waals surface area contributed by atoms with E-state index in [-0.39, 0.29) is 18.4 Å². The quantitative estimate of drug-likeness (QED) is 0.921. The summed E-state index contributed by atoms with van der Waals surface area (Å²) in [5.41, 5.74) is 1.46. The lowest BCUT2D eigenvalue weighted by atomic mass is 10.1. The zero-order valence-corrected chi connectivity index (χ0v) is 11.5. The molecule has 0 aliphatic carbocycles. The zero-order valence-electron chi connectivity index (χ0n) is 11.5. The van der Waals surface area contributed by atoms with Crippen LogP contribution in [-0.4, -0.2) is 32.7 Å². The van der Waals surface area contributed by atoms with Crippen molar-refractivity contribution in [1.82, 2.24) is 15.0 Å². The van der Waals surface area contributed by atoms with E-state index in [9.17, 15) is 4.79 Å². The van der Waals surface area contributed by atoms with Crippen LogP contribution in [0.4, 0.5) is 0 Å². The number of carboxylic acids is 1. The molecular formula is C14H15N3O4. The van der Waals surface area contributed by atoms with Crippen LogP contribution in [0.15, 0.2) is 24.3 Å². The minimum absolute atomic E-state index is 0.0415. The lowest BCUT2D eigenvalue weighted by Gasteiger charge is -2.24. The summed E-state index contributed by atoms with van der Waals surface area (Å²) >= 11 is 0. The summed E-state index contributed by atoms with van der Waals surface area (Å²) in [7, 11) is 0. The van der Waals surface area contributed by atoms with Crippen molar-refractivity contribution in [2.75, 3.05) is 6.61 Å². The molecule has 21 heavy (non-hydrogen) atoms. The smallest absolute Gasteiger partial charge is 0.358 e. The molecule has 0 fully saturated rings. The number of benzene rings is 1. The summed E-state index contributed by atoms with van der Waals surface area (Å²) in [4.78, 5) is 11.0. The van der Waals surface area contributed by atoms with E-state index in [1.165, 1.54) is 0 Å². The van der Waals surface area contributed by atoms with Gasteiger partial charge in [-0.3, -0.25) is 0 Å². The van der Waals surface area contributed by atoms with Crippen molar-refractivity contribution >= 4 is 5.97 Å². The number of ether oxygens (including phenoxy) is 2. The Balaban J connectivity index is 1.78. The van der Waals surface area contributed by atoms with E-state index >= 15 is 0 Å². The average Bonchev–Trinajstić information content (AvgIpc) is 2.91. The van der Waals surface area contributed by atoms with Crippen molar-refractivity contribution in [3.63, 3.8) is 0 Å². The fourth-order valence-corrected chi connectivity index (χ4v) is 2.32. The van der Waals surface area contributed by atoms with Crippen LogP contribution in [0.5, 0.6) is 5.75 Å². The molecule has 3 rings (SSSR count). The van der Waals surface area contributed by atoms with Crippen molar-refractivity contribution in [2.45, 2.75) is 26.2 Å². The highest BCUT2D eigenvalue weighted by Crippen LogP contribution is 2.28. The number of aromatic carboxylic acids is 1. The zero-order chi connectivity index (χ0) is 14.8. The highest BCUT2D eigenvalue weighted by atomic mass is 16.5. The van der Waals surface area contributed by atoms with Gasteiger partial charge in [0, 0.05) is 0 Å². The summed E-state index contributed by atoms with van der Waals surface area (Å²) < 4.78 is 12.7. The van der Waals surface area contributed by atoms with Gasteiger partial charge in [0.15, 0.2) is 5.69 Å². The topological polar surface area (TPSA) is 86.5 Å². The summed E-state index contributed by atoms with van der Waals surface area (Å²) in [6.07, 6.45) is -0.170. The summed E-state index contributed by atoms with van der Waals surface area (Å²) in [5, 5.41) is 16.6. The number of carboxylic acid groups (broad SMARTS) is 1. The standard InChI is InChI=1S/C14H15N3O4/c1-2-20-10-5-3-9(4-6-10)12-7-17-11(8-21-12)13(14(18)19)15-16-17/h3-6,12H,2,7-8H2,1H3,(H,18,19)/t12-/m1/s1. The third-order valence-corrected chi connectivity index (χ3v) is 3.36. The number of fused-ring (bicyclic) bond motifs is 1. The van der Waals surface area contributed by atoms with E-state index in [4.69, 9.17) is 14.6 Å². The number of nitrogens with zero attached hydrogens (tertiary/aromatic N) is 3. The maximum Gasteiger partial charge on any atom is 0.358 e. The van der Waals surface area contributed by atoms with Crippen molar-refractivity contribution in [3.8, 4) is 5.75 Å². The third kappa shape index (κ3) is 2.59. The van der Waals surface area contributed by atoms with E-state index in [0.29, 0.717) is 18.8 Å². The molecule has 1 aliphatic rings. The first-order valence-electron chi connectivity index (χ1n) is 6.69. The molecule has 1 aromatic heterocycles. The van der Waals surface area contributed by atoms with Gasteiger partial charge in [0.25, 0.3) is 0 Å². The highest BCUT2D eigenvalue weighted by molar-refractivity contribution is 5.86. The largest absolute Gasteiger partial charge is 0.494 e. The monoisotopic (exact) mass is 289 g/mol. The second-order valence-electron chi connectivity index (χ2n) is 4.67. The van der Waals surface area contributed by atoms with Gasteiger partial charge in [-0.05, 0) is 24.6 Å². The predicted octanol–water partition coefficient (Wildman–Crippen LogP) is 1.65. The SMILES string of the molecule is CCOc1ccc([C@H]2Cn3nnc(C(=O)O)c3CO2)cc1. The lowest BCUT2D eigenvalue weighted by molar-refractivity contribution is -0.00209. The van der Waals surface area contributed by atoms with Crippen molar-refractivity contribution in [1.29, 1.82) is 0 Å². The number of aromatic nitrogens is 3. The Labute approximate surface area is 121 Å². The molecule has 1 aromatic carbocycles. The third-order valence-electron chi connectivity index (χ3n) is 3.36. The molecule has 1 N–H and O–H groups in total. The Morgan fingerprint density at radius 2 is 2.24 bits per heavy atom. The fraction of sp³-hybridized carbons (Fsp3) is 0.357. The van der Waals surface area contributed by atoms with Crippen molar-refractivity contribution in [3.05, 3.63) is 41.2 Å². The van der Waals surface area contributed by atoms with Crippen LogP contribution < -0.4 is 4.74 Å². The van der Waals surface area contributed by atoms with Crippen LogP contribution >= 0.6 is 0 Å². The molecule has 2 aromatic rings. The van der Waals surface area contributed by atoms with Gasteiger partial charge >= 0.3 is 5.97 Å². The summed E-state index contributed by atoms with van der Waals surface area (Å²) in [6.45, 7) is 3.19. The Morgan fingerprint density at radius 1 is 1.48 bits per heavy atom. The molecule has 1 aliphatic heterocycles. The molecule has 0 bridgehead atoms. The van der Waals surface area contributed by atoms with Crippen molar-refractivity contribution in [2.24, 2.45) is 0 Å². The number of hydrogen-bond acceptors (Lipinski definition) is 5. The molecule has 1 atom stereocenters. The van der Waals surface area contributed by atoms with E-state index in [0.717, 1.165) is 11.3 Å². The first kappa shape index (κ1) is 13.6. The fourth-order valence-electron chi connectivity index (χ4n) is 2.32. The Hall–Kier alpha value is -2.41. The lowest BCUT2D eigenvalue weighted by Crippen LogP contribution is -2.23. The summed E-state index contributed by atoms with van der Waals surface area (Å²) in [6, 6.07) is 7.66. The molecule has 0 saturated carbocycles. The maximum atomic E-state index is 11.0. The van der Waals surface area contributed by atoms with Crippen LogP contribution in [0, 0.1) is 0 Å². The molecule has 0 spiro atoms. The summed E-state index contributed by atoms with van der Waals surface area (Å²) in [5.74, 6) is -0.272. The molecule has 0 saturated heterocycles. The molecular weight excluding hydrogens is 274 g/mol. The predicted molar refractivity (Wildman–Crippen MR) is 72.1 cm³/mol. The first-order chi connectivity index (χ1) is 10.2. The van der Waals surface area contributed by atoms with Gasteiger partial charge in [0.1, 0.15) is 11.9 Å². The highest BCUT2D eigenvalue weighted by Gasteiger charge is 2.27. The number of hydrogen-bond donors (Lipinski definition) is 1. The second-order valence-corrected chi connectivity index (χ2v) is 4.67. The Kier molecular flexibility index (Phi) is 3.57. The molecule has 0 radical (unpaired) electrons. The van der Waals surface area contributed by atoms with E-state index in [1.54, 1.807) is 4.68 Å². The Morgan fingerprint density at radius 3 is 2.90 bits per heavy atom. The molecule has 7 nitrogen and oxygen atoms in total.